The van der Waals surface area contributed by atoms with Crippen LogP contribution in [0.1, 0.15) is 19.8 Å². The Labute approximate surface area is 102 Å². The quantitative estimate of drug-likeness (QED) is 0.884. The lowest BCUT2D eigenvalue weighted by Gasteiger charge is -2.17. The average molecular weight is 255 g/mol. The normalized spacial score (nSPS) is 16.2. The summed E-state index contributed by atoms with van der Waals surface area (Å²) in [6.07, 6.45) is 4.15. The van der Waals surface area contributed by atoms with Crippen molar-refractivity contribution in [2.24, 2.45) is 0 Å². The molecule has 0 spiro atoms. The van der Waals surface area contributed by atoms with Crippen LogP contribution in [0.3, 0.4) is 0 Å². The zero-order valence-electron chi connectivity index (χ0n) is 9.89. The monoisotopic (exact) mass is 255 g/mol. The summed E-state index contributed by atoms with van der Waals surface area (Å²) >= 11 is 0. The topological polar surface area (TPSA) is 62.3 Å². The van der Waals surface area contributed by atoms with Crippen LogP contribution < -0.4 is 9.62 Å². The second-order valence-electron chi connectivity index (χ2n) is 4.10. The van der Waals surface area contributed by atoms with E-state index < -0.39 is 10.0 Å². The van der Waals surface area contributed by atoms with Gasteiger partial charge in [-0.1, -0.05) is 0 Å². The largest absolute Gasteiger partial charge is 0.370 e. The molecular formula is C11H17N3O2S. The number of nitrogens with one attached hydrogen (secondary N) is 1. The van der Waals surface area contributed by atoms with Gasteiger partial charge in [0.2, 0.25) is 10.0 Å². The number of sulfonamides is 1. The molecule has 6 heteroatoms. The first-order chi connectivity index (χ1) is 8.11. The average Bonchev–Trinajstić information content (AvgIpc) is 2.83. The van der Waals surface area contributed by atoms with E-state index in [9.17, 15) is 8.42 Å². The lowest BCUT2D eigenvalue weighted by molar-refractivity contribution is 0.602. The third-order valence-electron chi connectivity index (χ3n) is 2.86. The maximum absolute atomic E-state index is 11.3. The van der Waals surface area contributed by atoms with Gasteiger partial charge in [0.1, 0.15) is 5.82 Å². The number of anilines is 2. The van der Waals surface area contributed by atoms with Crippen LogP contribution in [-0.4, -0.2) is 32.2 Å². The first kappa shape index (κ1) is 12.2. The lowest BCUT2D eigenvalue weighted by atomic mass is 10.4. The van der Waals surface area contributed by atoms with Crippen LogP contribution in [0.4, 0.5) is 11.5 Å². The molecule has 94 valence electrons. The summed E-state index contributed by atoms with van der Waals surface area (Å²) in [4.78, 5) is 6.38. The fourth-order valence-corrected chi connectivity index (χ4v) is 2.42. The molecule has 5 nitrogen and oxygen atoms in total. The maximum atomic E-state index is 11.3. The second kappa shape index (κ2) is 4.91. The van der Waals surface area contributed by atoms with Crippen molar-refractivity contribution in [1.82, 2.24) is 4.98 Å². The van der Waals surface area contributed by atoms with Crippen LogP contribution in [0, 0.1) is 0 Å². The molecule has 1 aromatic rings. The smallest absolute Gasteiger partial charge is 0.233 e. The highest BCUT2D eigenvalue weighted by Gasteiger charge is 2.13. The van der Waals surface area contributed by atoms with Crippen molar-refractivity contribution in [2.45, 2.75) is 19.8 Å². The Hall–Kier alpha value is -1.30. The molecule has 2 heterocycles. The zero-order chi connectivity index (χ0) is 12.3. The van der Waals surface area contributed by atoms with Crippen molar-refractivity contribution in [3.05, 3.63) is 18.3 Å². The predicted octanol–water partition coefficient (Wildman–Crippen LogP) is 1.44. The van der Waals surface area contributed by atoms with Crippen molar-refractivity contribution >= 4 is 21.5 Å². The number of rotatable bonds is 4. The summed E-state index contributed by atoms with van der Waals surface area (Å²) < 4.78 is 25.1. The van der Waals surface area contributed by atoms with E-state index in [2.05, 4.69) is 14.6 Å². The first-order valence-electron chi connectivity index (χ1n) is 5.82. The molecular weight excluding hydrogens is 238 g/mol. The van der Waals surface area contributed by atoms with E-state index in [0.29, 0.717) is 5.82 Å². The highest BCUT2D eigenvalue weighted by Crippen LogP contribution is 2.20. The standard InChI is InChI=1S/C11H17N3O2S/c1-2-17(15,16)13-11-6-5-10(9-12-11)14-7-3-4-8-14/h5-6,9H,2-4,7-8H2,1H3,(H,12,13). The predicted molar refractivity (Wildman–Crippen MR) is 68.8 cm³/mol. The Bertz CT molecular complexity index is 464. The highest BCUT2D eigenvalue weighted by atomic mass is 32.2. The van der Waals surface area contributed by atoms with Gasteiger partial charge in [0.15, 0.2) is 0 Å². The number of nitrogens with zero attached hydrogens (tertiary/aromatic N) is 2. The molecule has 2 rings (SSSR count). The van der Waals surface area contributed by atoms with E-state index in [4.69, 9.17) is 0 Å². The maximum Gasteiger partial charge on any atom is 0.233 e. The summed E-state index contributed by atoms with van der Waals surface area (Å²) in [5, 5.41) is 0. The first-order valence-corrected chi connectivity index (χ1v) is 7.47. The fraction of sp³-hybridized carbons (Fsp3) is 0.545. The molecule has 1 aromatic heterocycles. The summed E-state index contributed by atoms with van der Waals surface area (Å²) in [6, 6.07) is 3.62. The molecule has 0 radical (unpaired) electrons. The van der Waals surface area contributed by atoms with E-state index >= 15 is 0 Å². The minimum Gasteiger partial charge on any atom is -0.370 e. The van der Waals surface area contributed by atoms with Crippen molar-refractivity contribution in [2.75, 3.05) is 28.5 Å². The molecule has 0 aromatic carbocycles. The van der Waals surface area contributed by atoms with Crippen LogP contribution in [0.25, 0.3) is 0 Å². The van der Waals surface area contributed by atoms with Gasteiger partial charge in [-0.15, -0.1) is 0 Å². The van der Waals surface area contributed by atoms with Gasteiger partial charge < -0.3 is 4.90 Å². The van der Waals surface area contributed by atoms with Gasteiger partial charge in [0.25, 0.3) is 0 Å². The molecule has 0 aliphatic carbocycles. The number of hydrogen-bond donors (Lipinski definition) is 1. The van der Waals surface area contributed by atoms with Gasteiger partial charge in [0, 0.05) is 13.1 Å². The van der Waals surface area contributed by atoms with E-state index in [-0.39, 0.29) is 5.75 Å². The third-order valence-corrected chi connectivity index (χ3v) is 4.14. The summed E-state index contributed by atoms with van der Waals surface area (Å²) in [6.45, 7) is 3.71. The fourth-order valence-electron chi connectivity index (χ4n) is 1.84. The van der Waals surface area contributed by atoms with E-state index in [1.807, 2.05) is 6.07 Å². The molecule has 1 saturated heterocycles. The molecule has 17 heavy (non-hydrogen) atoms. The molecule has 0 atom stereocenters. The molecule has 0 saturated carbocycles. The van der Waals surface area contributed by atoms with E-state index in [1.54, 1.807) is 19.2 Å². The minimum absolute atomic E-state index is 0.0581. The van der Waals surface area contributed by atoms with Gasteiger partial charge in [-0.3, -0.25) is 4.72 Å². The summed E-state index contributed by atoms with van der Waals surface area (Å²) in [5.41, 5.74) is 1.06. The van der Waals surface area contributed by atoms with Crippen LogP contribution in [0.15, 0.2) is 18.3 Å². The summed E-state index contributed by atoms with van der Waals surface area (Å²) in [7, 11) is -3.23. The highest BCUT2D eigenvalue weighted by molar-refractivity contribution is 7.92. The Kier molecular flexibility index (Phi) is 3.51. The van der Waals surface area contributed by atoms with Crippen molar-refractivity contribution in [3.63, 3.8) is 0 Å². The van der Waals surface area contributed by atoms with E-state index in [0.717, 1.165) is 18.8 Å². The lowest BCUT2D eigenvalue weighted by Crippen LogP contribution is -2.18. The zero-order valence-corrected chi connectivity index (χ0v) is 10.7. The Morgan fingerprint density at radius 1 is 1.35 bits per heavy atom. The molecule has 1 fully saturated rings. The Morgan fingerprint density at radius 3 is 2.59 bits per heavy atom. The number of pyridine rings is 1. The van der Waals surface area contributed by atoms with Crippen LogP contribution in [0.5, 0.6) is 0 Å². The van der Waals surface area contributed by atoms with Crippen LogP contribution in [-0.2, 0) is 10.0 Å². The Morgan fingerprint density at radius 2 is 2.06 bits per heavy atom. The third kappa shape index (κ3) is 3.09. The van der Waals surface area contributed by atoms with Crippen molar-refractivity contribution in [1.29, 1.82) is 0 Å². The second-order valence-corrected chi connectivity index (χ2v) is 6.11. The van der Waals surface area contributed by atoms with Crippen LogP contribution in [0.2, 0.25) is 0 Å². The van der Waals surface area contributed by atoms with Gasteiger partial charge in [-0.25, -0.2) is 13.4 Å². The van der Waals surface area contributed by atoms with Gasteiger partial charge in [-0.05, 0) is 31.9 Å². The molecule has 1 aliphatic heterocycles. The SMILES string of the molecule is CCS(=O)(=O)Nc1ccc(N2CCCC2)cn1. The molecule has 1 N–H and O–H groups in total. The van der Waals surface area contributed by atoms with Gasteiger partial charge >= 0.3 is 0 Å². The molecule has 0 bridgehead atoms. The van der Waals surface area contributed by atoms with Crippen LogP contribution >= 0.6 is 0 Å². The minimum atomic E-state index is -3.23. The van der Waals surface area contributed by atoms with Crippen molar-refractivity contribution < 1.29 is 8.42 Å². The number of hydrogen-bond acceptors (Lipinski definition) is 4. The number of aromatic nitrogens is 1. The van der Waals surface area contributed by atoms with Gasteiger partial charge in [-0.2, -0.15) is 0 Å². The molecule has 0 unspecified atom stereocenters. The molecule has 1 aliphatic rings. The Balaban J connectivity index is 2.07. The van der Waals surface area contributed by atoms with E-state index in [1.165, 1.54) is 12.8 Å². The molecule has 0 amide bonds. The summed E-state index contributed by atoms with van der Waals surface area (Å²) in [5.74, 6) is 0.442. The van der Waals surface area contributed by atoms with Crippen molar-refractivity contribution in [3.8, 4) is 0 Å². The van der Waals surface area contributed by atoms with Gasteiger partial charge in [0.05, 0.1) is 17.6 Å².